The zero-order valence-electron chi connectivity index (χ0n) is 15.0. The second-order valence-corrected chi connectivity index (χ2v) is 6.95. The lowest BCUT2D eigenvalue weighted by Crippen LogP contribution is -2.33. The van der Waals surface area contributed by atoms with Gasteiger partial charge in [0, 0.05) is 19.8 Å². The van der Waals surface area contributed by atoms with Crippen LogP contribution in [0.4, 0.5) is 11.4 Å². The Hall–Kier alpha value is -2.86. The van der Waals surface area contributed by atoms with Gasteiger partial charge in [-0.1, -0.05) is 30.3 Å². The van der Waals surface area contributed by atoms with E-state index in [1.54, 1.807) is 5.06 Å². The van der Waals surface area contributed by atoms with Crippen molar-refractivity contribution in [2.24, 2.45) is 5.92 Å². The number of rotatable bonds is 3. The lowest BCUT2D eigenvalue weighted by atomic mass is 9.90. The third-order valence-corrected chi connectivity index (χ3v) is 5.06. The molecule has 2 aromatic carbocycles. The van der Waals surface area contributed by atoms with Crippen molar-refractivity contribution in [1.29, 1.82) is 0 Å². The molecule has 2 aliphatic heterocycles. The van der Waals surface area contributed by atoms with Gasteiger partial charge in [0.15, 0.2) is 6.10 Å². The predicted octanol–water partition coefficient (Wildman–Crippen LogP) is 2.20. The van der Waals surface area contributed by atoms with Gasteiger partial charge < -0.3 is 4.90 Å². The summed E-state index contributed by atoms with van der Waals surface area (Å²) in [5.41, 5.74) is 3.90. The summed E-state index contributed by atoms with van der Waals surface area (Å²) in [4.78, 5) is 32.6. The molecule has 134 valence electrons. The van der Waals surface area contributed by atoms with Gasteiger partial charge in [-0.15, -0.1) is 0 Å². The number of fused-ring (bicyclic) bond motifs is 1. The van der Waals surface area contributed by atoms with E-state index >= 15 is 0 Å². The van der Waals surface area contributed by atoms with Crippen LogP contribution in [0, 0.1) is 12.8 Å². The largest absolute Gasteiger partial charge is 0.378 e. The summed E-state index contributed by atoms with van der Waals surface area (Å²) >= 11 is 0. The fraction of sp³-hybridized carbons (Fsp3) is 0.300. The number of hydrogen-bond donors (Lipinski definition) is 1. The van der Waals surface area contributed by atoms with Crippen LogP contribution in [0.1, 0.15) is 17.2 Å². The Morgan fingerprint density at radius 2 is 1.69 bits per heavy atom. The van der Waals surface area contributed by atoms with Crippen LogP contribution < -0.4 is 15.3 Å². The van der Waals surface area contributed by atoms with E-state index in [0.717, 1.165) is 22.5 Å². The van der Waals surface area contributed by atoms with Crippen LogP contribution >= 0.6 is 0 Å². The minimum atomic E-state index is -0.791. The summed E-state index contributed by atoms with van der Waals surface area (Å²) in [5.74, 6) is -1.21. The molecule has 3 atom stereocenters. The van der Waals surface area contributed by atoms with Crippen molar-refractivity contribution in [3.8, 4) is 0 Å². The highest BCUT2D eigenvalue weighted by Crippen LogP contribution is 2.45. The Morgan fingerprint density at radius 1 is 1.00 bits per heavy atom. The second-order valence-electron chi connectivity index (χ2n) is 6.95. The Bertz CT molecular complexity index is 863. The predicted molar refractivity (Wildman–Crippen MR) is 98.7 cm³/mol. The summed E-state index contributed by atoms with van der Waals surface area (Å²) < 4.78 is 0. The van der Waals surface area contributed by atoms with E-state index in [9.17, 15) is 9.59 Å². The van der Waals surface area contributed by atoms with Crippen LogP contribution in [0.5, 0.6) is 0 Å². The quantitative estimate of drug-likeness (QED) is 0.859. The first-order chi connectivity index (χ1) is 12.5. The molecule has 2 amide bonds. The van der Waals surface area contributed by atoms with Gasteiger partial charge in [-0.25, -0.2) is 5.06 Å². The SMILES string of the molecule is Cc1ccccc1N1OC2C(=O)NC(=O)C2C1c1ccc(N(C)C)cc1. The highest BCUT2D eigenvalue weighted by molar-refractivity contribution is 6.07. The molecular weight excluding hydrogens is 330 g/mol. The van der Waals surface area contributed by atoms with Gasteiger partial charge in [0.05, 0.1) is 11.7 Å². The van der Waals surface area contributed by atoms with Gasteiger partial charge in [0.2, 0.25) is 5.91 Å². The van der Waals surface area contributed by atoms with Crippen molar-refractivity contribution >= 4 is 23.2 Å². The van der Waals surface area contributed by atoms with Crippen molar-refractivity contribution in [2.75, 3.05) is 24.1 Å². The van der Waals surface area contributed by atoms with Crippen molar-refractivity contribution in [2.45, 2.75) is 19.1 Å². The van der Waals surface area contributed by atoms with Gasteiger partial charge in [-0.3, -0.25) is 19.7 Å². The first kappa shape index (κ1) is 16.6. The summed E-state index contributed by atoms with van der Waals surface area (Å²) in [6.45, 7) is 1.99. The molecule has 3 unspecified atom stereocenters. The van der Waals surface area contributed by atoms with Gasteiger partial charge >= 0.3 is 0 Å². The number of nitrogens with zero attached hydrogens (tertiary/aromatic N) is 2. The number of aryl methyl sites for hydroxylation is 1. The van der Waals surface area contributed by atoms with Crippen LogP contribution in [0.2, 0.25) is 0 Å². The number of anilines is 2. The third kappa shape index (κ3) is 2.54. The van der Waals surface area contributed by atoms with E-state index in [1.807, 2.05) is 74.4 Å². The highest BCUT2D eigenvalue weighted by Gasteiger charge is 2.56. The average Bonchev–Trinajstić information content (AvgIpc) is 3.14. The molecule has 4 rings (SSSR count). The van der Waals surface area contributed by atoms with E-state index in [0.29, 0.717) is 0 Å². The molecule has 26 heavy (non-hydrogen) atoms. The van der Waals surface area contributed by atoms with Crippen molar-refractivity contribution in [3.63, 3.8) is 0 Å². The number of carbonyl (C=O) groups excluding carboxylic acids is 2. The molecular formula is C20H21N3O3. The van der Waals surface area contributed by atoms with Gasteiger partial charge in [0.1, 0.15) is 5.92 Å². The molecule has 2 saturated heterocycles. The number of nitrogens with one attached hydrogen (secondary N) is 1. The highest BCUT2D eigenvalue weighted by atomic mass is 16.7. The standard InChI is InChI=1S/C20H21N3O3/c1-12-6-4-5-7-15(12)23-17(13-8-10-14(11-9-13)22(2)3)16-18(26-23)20(25)21-19(16)24/h4-11,16-18H,1-3H3,(H,21,24,25). The number of hydroxylamine groups is 1. The van der Waals surface area contributed by atoms with Crippen molar-refractivity contribution < 1.29 is 14.4 Å². The van der Waals surface area contributed by atoms with E-state index < -0.39 is 12.0 Å². The number of amides is 2. The molecule has 0 aliphatic carbocycles. The summed E-state index contributed by atoms with van der Waals surface area (Å²) in [7, 11) is 3.96. The van der Waals surface area contributed by atoms with E-state index in [-0.39, 0.29) is 17.9 Å². The molecule has 2 aliphatic rings. The van der Waals surface area contributed by atoms with E-state index in [1.165, 1.54) is 0 Å². The molecule has 1 N–H and O–H groups in total. The van der Waals surface area contributed by atoms with Gasteiger partial charge in [0.25, 0.3) is 5.91 Å². The molecule has 2 heterocycles. The van der Waals surface area contributed by atoms with Crippen molar-refractivity contribution in [3.05, 3.63) is 59.7 Å². The monoisotopic (exact) mass is 351 g/mol. The van der Waals surface area contributed by atoms with Crippen LogP contribution in [0.15, 0.2) is 48.5 Å². The average molecular weight is 351 g/mol. The fourth-order valence-corrected chi connectivity index (χ4v) is 3.66. The lowest BCUT2D eigenvalue weighted by molar-refractivity contribution is -0.129. The smallest absolute Gasteiger partial charge is 0.259 e. The zero-order chi connectivity index (χ0) is 18.4. The second kappa shape index (κ2) is 6.14. The van der Waals surface area contributed by atoms with E-state index in [4.69, 9.17) is 4.84 Å². The minimum absolute atomic E-state index is 0.280. The minimum Gasteiger partial charge on any atom is -0.378 e. The molecule has 2 fully saturated rings. The Balaban J connectivity index is 1.79. The van der Waals surface area contributed by atoms with Crippen LogP contribution in [0.25, 0.3) is 0 Å². The molecule has 0 bridgehead atoms. The van der Waals surface area contributed by atoms with Gasteiger partial charge in [-0.05, 0) is 36.2 Å². The Morgan fingerprint density at radius 3 is 2.35 bits per heavy atom. The zero-order valence-corrected chi connectivity index (χ0v) is 15.0. The number of imide groups is 1. The van der Waals surface area contributed by atoms with Gasteiger partial charge in [-0.2, -0.15) is 0 Å². The van der Waals surface area contributed by atoms with Crippen molar-refractivity contribution in [1.82, 2.24) is 5.32 Å². The lowest BCUT2D eigenvalue weighted by Gasteiger charge is -2.28. The fourth-order valence-electron chi connectivity index (χ4n) is 3.66. The number of benzene rings is 2. The van der Waals surface area contributed by atoms with Crippen LogP contribution in [0.3, 0.4) is 0 Å². The third-order valence-electron chi connectivity index (χ3n) is 5.06. The molecule has 2 aromatic rings. The molecule has 6 heteroatoms. The topological polar surface area (TPSA) is 61.9 Å². The van der Waals surface area contributed by atoms with Crippen LogP contribution in [-0.4, -0.2) is 32.0 Å². The summed E-state index contributed by atoms with van der Waals surface area (Å²) in [6, 6.07) is 15.5. The maximum absolute atomic E-state index is 12.4. The summed E-state index contributed by atoms with van der Waals surface area (Å²) in [6.07, 6.45) is -0.791. The Labute approximate surface area is 152 Å². The molecule has 0 spiro atoms. The number of hydrogen-bond acceptors (Lipinski definition) is 5. The molecule has 0 saturated carbocycles. The van der Waals surface area contributed by atoms with Crippen LogP contribution in [-0.2, 0) is 14.4 Å². The number of carbonyl (C=O) groups is 2. The normalized spacial score (nSPS) is 24.6. The molecule has 6 nitrogen and oxygen atoms in total. The first-order valence-corrected chi connectivity index (χ1v) is 8.61. The maximum Gasteiger partial charge on any atom is 0.259 e. The van der Waals surface area contributed by atoms with E-state index in [2.05, 4.69) is 5.32 Å². The maximum atomic E-state index is 12.4. The Kier molecular flexibility index (Phi) is 3.92. The summed E-state index contributed by atoms with van der Waals surface area (Å²) in [5, 5.41) is 4.13. The number of para-hydroxylation sites is 1. The first-order valence-electron chi connectivity index (χ1n) is 8.61. The molecule has 0 aromatic heterocycles. The molecule has 0 radical (unpaired) electrons.